The van der Waals surface area contributed by atoms with Gasteiger partial charge in [-0.15, -0.1) is 5.10 Å². The van der Waals surface area contributed by atoms with E-state index in [1.807, 2.05) is 36.4 Å². The van der Waals surface area contributed by atoms with Crippen LogP contribution in [-0.4, -0.2) is 25.1 Å². The Morgan fingerprint density at radius 1 is 1.20 bits per heavy atom. The molecule has 3 rings (SSSR count). The van der Waals surface area contributed by atoms with Gasteiger partial charge in [-0.1, -0.05) is 30.7 Å². The minimum atomic E-state index is -0.00113. The summed E-state index contributed by atoms with van der Waals surface area (Å²) < 4.78 is 1.72. The molecule has 20 heavy (non-hydrogen) atoms. The second kappa shape index (κ2) is 5.38. The number of fused-ring (bicyclic) bond motifs is 1. The van der Waals surface area contributed by atoms with Crippen molar-refractivity contribution >= 4 is 11.0 Å². The van der Waals surface area contributed by atoms with E-state index in [-0.39, 0.29) is 6.61 Å². The third-order valence-electron chi connectivity index (χ3n) is 3.18. The van der Waals surface area contributed by atoms with Crippen LogP contribution in [0.15, 0.2) is 36.4 Å². The molecular formula is C15H16N4O. The zero-order chi connectivity index (χ0) is 13.9. The number of aromatic nitrogens is 4. The average molecular weight is 268 g/mol. The van der Waals surface area contributed by atoms with Crippen LogP contribution in [0.25, 0.3) is 16.9 Å². The fourth-order valence-corrected chi connectivity index (χ4v) is 2.26. The van der Waals surface area contributed by atoms with Crippen LogP contribution >= 0.6 is 0 Å². The zero-order valence-corrected chi connectivity index (χ0v) is 11.3. The maximum absolute atomic E-state index is 9.39. The minimum Gasteiger partial charge on any atom is -0.392 e. The van der Waals surface area contributed by atoms with E-state index in [9.17, 15) is 5.11 Å². The van der Waals surface area contributed by atoms with E-state index < -0.39 is 0 Å². The largest absolute Gasteiger partial charge is 0.392 e. The number of para-hydroxylation sites is 1. The molecule has 0 saturated heterocycles. The molecule has 0 spiro atoms. The Labute approximate surface area is 116 Å². The highest BCUT2D eigenvalue weighted by Crippen LogP contribution is 2.17. The Kier molecular flexibility index (Phi) is 3.43. The highest BCUT2D eigenvalue weighted by Gasteiger charge is 2.09. The molecular weight excluding hydrogens is 252 g/mol. The Morgan fingerprint density at radius 3 is 2.85 bits per heavy atom. The van der Waals surface area contributed by atoms with Gasteiger partial charge in [0.2, 0.25) is 0 Å². The van der Waals surface area contributed by atoms with Crippen LogP contribution in [0.1, 0.15) is 24.6 Å². The van der Waals surface area contributed by atoms with Crippen molar-refractivity contribution in [3.8, 4) is 5.82 Å². The average Bonchev–Trinajstić information content (AvgIpc) is 2.91. The molecule has 0 aliphatic heterocycles. The van der Waals surface area contributed by atoms with E-state index in [0.29, 0.717) is 5.82 Å². The maximum atomic E-state index is 9.39. The monoisotopic (exact) mass is 268 g/mol. The highest BCUT2D eigenvalue weighted by atomic mass is 16.3. The van der Waals surface area contributed by atoms with Gasteiger partial charge < -0.3 is 5.11 Å². The molecule has 102 valence electrons. The first-order valence-corrected chi connectivity index (χ1v) is 6.73. The lowest BCUT2D eigenvalue weighted by atomic mass is 10.1. The molecule has 1 N–H and O–H groups in total. The Balaban J connectivity index is 2.15. The van der Waals surface area contributed by atoms with Gasteiger partial charge in [-0.25, -0.2) is 4.98 Å². The Hall–Kier alpha value is -2.27. The smallest absolute Gasteiger partial charge is 0.156 e. The van der Waals surface area contributed by atoms with Crippen LogP contribution in [0.3, 0.4) is 0 Å². The predicted molar refractivity (Wildman–Crippen MR) is 76.6 cm³/mol. The van der Waals surface area contributed by atoms with E-state index in [1.54, 1.807) is 4.68 Å². The molecule has 0 aliphatic rings. The van der Waals surface area contributed by atoms with Crippen LogP contribution in [0.5, 0.6) is 0 Å². The van der Waals surface area contributed by atoms with Gasteiger partial charge in [0.25, 0.3) is 0 Å². The van der Waals surface area contributed by atoms with Gasteiger partial charge in [0.15, 0.2) is 5.82 Å². The Bertz CT molecular complexity index is 736. The maximum Gasteiger partial charge on any atom is 0.156 e. The summed E-state index contributed by atoms with van der Waals surface area (Å²) in [6.07, 6.45) is 1.90. The van der Waals surface area contributed by atoms with Gasteiger partial charge in [-0.3, -0.25) is 0 Å². The third kappa shape index (κ3) is 2.28. The van der Waals surface area contributed by atoms with Gasteiger partial charge >= 0.3 is 0 Å². The lowest BCUT2D eigenvalue weighted by Crippen LogP contribution is -2.04. The van der Waals surface area contributed by atoms with Gasteiger partial charge in [0, 0.05) is 5.69 Å². The van der Waals surface area contributed by atoms with Gasteiger partial charge in [0.05, 0.1) is 12.1 Å². The number of aliphatic hydroxyl groups excluding tert-OH is 1. The van der Waals surface area contributed by atoms with Crippen molar-refractivity contribution in [1.29, 1.82) is 0 Å². The van der Waals surface area contributed by atoms with Crippen molar-refractivity contribution in [2.24, 2.45) is 0 Å². The van der Waals surface area contributed by atoms with Crippen molar-refractivity contribution in [1.82, 2.24) is 20.0 Å². The molecule has 0 bridgehead atoms. The number of aryl methyl sites for hydroxylation is 1. The molecule has 0 radical (unpaired) electrons. The quantitative estimate of drug-likeness (QED) is 0.788. The topological polar surface area (TPSA) is 63.8 Å². The summed E-state index contributed by atoms with van der Waals surface area (Å²) in [4.78, 5) is 4.61. The van der Waals surface area contributed by atoms with Gasteiger partial charge in [0.1, 0.15) is 5.52 Å². The third-order valence-corrected chi connectivity index (χ3v) is 3.18. The summed E-state index contributed by atoms with van der Waals surface area (Å²) >= 11 is 0. The first kappa shape index (κ1) is 12.7. The number of hydrogen-bond acceptors (Lipinski definition) is 4. The summed E-state index contributed by atoms with van der Waals surface area (Å²) in [6, 6.07) is 11.5. The van der Waals surface area contributed by atoms with Crippen LogP contribution < -0.4 is 0 Å². The molecule has 0 aliphatic carbocycles. The molecule has 0 fully saturated rings. The lowest BCUT2D eigenvalue weighted by molar-refractivity contribution is 0.281. The van der Waals surface area contributed by atoms with Crippen molar-refractivity contribution in [3.63, 3.8) is 0 Å². The van der Waals surface area contributed by atoms with Crippen molar-refractivity contribution in [2.75, 3.05) is 0 Å². The minimum absolute atomic E-state index is 0.00113. The number of aliphatic hydroxyl groups is 1. The fourth-order valence-electron chi connectivity index (χ4n) is 2.26. The number of rotatable bonds is 4. The molecule has 2 heterocycles. The number of nitrogens with zero attached hydrogens (tertiary/aromatic N) is 4. The first-order valence-electron chi connectivity index (χ1n) is 6.73. The number of pyridine rings is 1. The van der Waals surface area contributed by atoms with Crippen LogP contribution in [0.2, 0.25) is 0 Å². The number of benzene rings is 1. The molecule has 5 nitrogen and oxygen atoms in total. The second-order valence-electron chi connectivity index (χ2n) is 4.72. The summed E-state index contributed by atoms with van der Waals surface area (Å²) in [7, 11) is 0. The van der Waals surface area contributed by atoms with E-state index in [1.165, 1.54) is 0 Å². The first-order chi connectivity index (χ1) is 9.81. The van der Waals surface area contributed by atoms with Crippen molar-refractivity contribution < 1.29 is 5.11 Å². The molecule has 0 atom stereocenters. The summed E-state index contributed by atoms with van der Waals surface area (Å²) in [5.74, 6) is 0.703. The van der Waals surface area contributed by atoms with Gasteiger partial charge in [-0.2, -0.15) is 4.68 Å². The summed E-state index contributed by atoms with van der Waals surface area (Å²) in [6.45, 7) is 2.11. The predicted octanol–water partition coefficient (Wildman–Crippen LogP) is 2.26. The van der Waals surface area contributed by atoms with Crippen LogP contribution in [-0.2, 0) is 13.0 Å². The van der Waals surface area contributed by atoms with E-state index in [2.05, 4.69) is 22.2 Å². The lowest BCUT2D eigenvalue weighted by Gasteiger charge is -2.07. The number of hydrogen-bond donors (Lipinski definition) is 1. The molecule has 2 aromatic heterocycles. The molecule has 0 unspecified atom stereocenters. The molecule has 0 amide bonds. The van der Waals surface area contributed by atoms with E-state index in [0.717, 1.165) is 35.1 Å². The normalized spacial score (nSPS) is 11.1. The summed E-state index contributed by atoms with van der Waals surface area (Å²) in [5.41, 5.74) is 3.56. The standard InChI is InChI=1S/C15H16N4O/c1-2-5-12-8-11(10-20)9-15(16-12)19-14-7-4-3-6-13(14)17-18-19/h3-4,6-9,20H,2,5,10H2,1H3. The molecule has 3 aromatic rings. The van der Waals surface area contributed by atoms with Crippen molar-refractivity contribution in [2.45, 2.75) is 26.4 Å². The second-order valence-corrected chi connectivity index (χ2v) is 4.72. The van der Waals surface area contributed by atoms with E-state index in [4.69, 9.17) is 0 Å². The summed E-state index contributed by atoms with van der Waals surface area (Å²) in [5, 5.41) is 17.7. The van der Waals surface area contributed by atoms with Crippen molar-refractivity contribution in [3.05, 3.63) is 47.7 Å². The molecule has 1 aromatic carbocycles. The van der Waals surface area contributed by atoms with E-state index >= 15 is 0 Å². The van der Waals surface area contributed by atoms with Gasteiger partial charge in [-0.05, 0) is 36.2 Å². The van der Waals surface area contributed by atoms with Crippen LogP contribution in [0.4, 0.5) is 0 Å². The zero-order valence-electron chi connectivity index (χ0n) is 11.3. The Morgan fingerprint density at radius 2 is 2.05 bits per heavy atom. The fraction of sp³-hybridized carbons (Fsp3) is 0.267. The highest BCUT2D eigenvalue weighted by molar-refractivity contribution is 5.75. The molecule has 5 heteroatoms. The molecule has 0 saturated carbocycles. The van der Waals surface area contributed by atoms with Crippen LogP contribution in [0, 0.1) is 0 Å². The SMILES string of the molecule is CCCc1cc(CO)cc(-n2nnc3ccccc32)n1.